The molecule has 4 aromatic rings. The van der Waals surface area contributed by atoms with E-state index in [2.05, 4.69) is 5.32 Å². The zero-order chi connectivity index (χ0) is 21.3. The molecule has 0 fully saturated rings. The number of nitrogens with one attached hydrogen (secondary N) is 1. The maximum atomic E-state index is 13.1. The second-order valence-electron chi connectivity index (χ2n) is 6.52. The van der Waals surface area contributed by atoms with E-state index < -0.39 is 17.2 Å². The first-order chi connectivity index (χ1) is 14.4. The smallest absolute Gasteiger partial charge is 0.336 e. The van der Waals surface area contributed by atoms with Gasteiger partial charge in [-0.1, -0.05) is 23.7 Å². The Morgan fingerprint density at radius 3 is 2.43 bits per heavy atom. The normalized spacial score (nSPS) is 11.0. The average molecular weight is 444 g/mol. The predicted molar refractivity (Wildman–Crippen MR) is 115 cm³/mol. The fraction of sp³-hybridized carbons (Fsp3) is 0.0952. The molecular weight excluding hydrogens is 429 g/mol. The summed E-state index contributed by atoms with van der Waals surface area (Å²) in [6, 6.07) is 13.7. The Balaban J connectivity index is 1.68. The van der Waals surface area contributed by atoms with Gasteiger partial charge >= 0.3 is 5.69 Å². The van der Waals surface area contributed by atoms with E-state index in [0.717, 1.165) is 10.1 Å². The van der Waals surface area contributed by atoms with Crippen LogP contribution in [0.1, 0.15) is 5.56 Å². The van der Waals surface area contributed by atoms with Crippen LogP contribution in [0.4, 0.5) is 4.39 Å². The summed E-state index contributed by atoms with van der Waals surface area (Å²) in [5, 5.41) is 4.89. The van der Waals surface area contributed by atoms with Crippen molar-refractivity contribution in [2.75, 3.05) is 0 Å². The lowest BCUT2D eigenvalue weighted by Crippen LogP contribution is -2.41. The number of benzene rings is 2. The highest BCUT2D eigenvalue weighted by atomic mass is 35.5. The van der Waals surface area contributed by atoms with Crippen molar-refractivity contribution in [2.24, 2.45) is 0 Å². The van der Waals surface area contributed by atoms with Crippen molar-refractivity contribution in [2.45, 2.75) is 13.1 Å². The minimum Gasteiger partial charge on any atom is -0.350 e. The molecule has 0 aliphatic rings. The third kappa shape index (κ3) is 3.92. The molecule has 0 aliphatic carbocycles. The van der Waals surface area contributed by atoms with Crippen LogP contribution in [0.15, 0.2) is 69.6 Å². The monoisotopic (exact) mass is 443 g/mol. The van der Waals surface area contributed by atoms with Crippen LogP contribution in [0.2, 0.25) is 5.02 Å². The number of carbonyl (C=O) groups is 1. The summed E-state index contributed by atoms with van der Waals surface area (Å²) in [6.07, 6.45) is 0. The molecule has 4 rings (SSSR count). The minimum absolute atomic E-state index is 0.192. The molecule has 0 spiro atoms. The van der Waals surface area contributed by atoms with Crippen molar-refractivity contribution in [1.82, 2.24) is 14.5 Å². The Hall–Kier alpha value is -3.23. The third-order valence-corrected chi connectivity index (χ3v) is 5.69. The van der Waals surface area contributed by atoms with Gasteiger partial charge in [-0.25, -0.2) is 13.8 Å². The number of halogens is 2. The second-order valence-corrected chi connectivity index (χ2v) is 7.88. The van der Waals surface area contributed by atoms with Gasteiger partial charge in [0, 0.05) is 11.6 Å². The first-order valence-corrected chi connectivity index (χ1v) is 10.2. The molecule has 6 nitrogen and oxygen atoms in total. The molecule has 0 bridgehead atoms. The van der Waals surface area contributed by atoms with Gasteiger partial charge in [0.05, 0.1) is 11.2 Å². The van der Waals surface area contributed by atoms with Gasteiger partial charge in [0.2, 0.25) is 5.91 Å². The van der Waals surface area contributed by atoms with Crippen molar-refractivity contribution >= 4 is 39.1 Å². The summed E-state index contributed by atoms with van der Waals surface area (Å²) in [5.41, 5.74) is 0.423. The summed E-state index contributed by atoms with van der Waals surface area (Å²) in [5.74, 6) is -0.767. The largest absolute Gasteiger partial charge is 0.350 e. The molecule has 2 heterocycles. The highest BCUT2D eigenvalue weighted by Gasteiger charge is 2.17. The van der Waals surface area contributed by atoms with E-state index in [-0.39, 0.29) is 18.9 Å². The number of amides is 1. The first kappa shape index (κ1) is 20.1. The van der Waals surface area contributed by atoms with Gasteiger partial charge in [0.15, 0.2) is 0 Å². The van der Waals surface area contributed by atoms with Crippen LogP contribution in [0.3, 0.4) is 0 Å². The molecule has 2 aromatic carbocycles. The van der Waals surface area contributed by atoms with Crippen molar-refractivity contribution < 1.29 is 9.18 Å². The Morgan fingerprint density at radius 2 is 1.73 bits per heavy atom. The Kier molecular flexibility index (Phi) is 5.52. The van der Waals surface area contributed by atoms with E-state index in [1.807, 2.05) is 0 Å². The number of carbonyl (C=O) groups excluding carboxylic acids is 1. The number of fused-ring (bicyclic) bond motifs is 1. The van der Waals surface area contributed by atoms with Gasteiger partial charge < -0.3 is 5.32 Å². The molecular formula is C21H15ClFN3O3S. The zero-order valence-electron chi connectivity index (χ0n) is 15.5. The average Bonchev–Trinajstić information content (AvgIpc) is 3.22. The molecule has 0 atom stereocenters. The number of aromatic nitrogens is 2. The summed E-state index contributed by atoms with van der Waals surface area (Å²) < 4.78 is 15.7. The van der Waals surface area contributed by atoms with Crippen LogP contribution in [0.25, 0.3) is 15.9 Å². The lowest BCUT2D eigenvalue weighted by Gasteiger charge is -2.12. The minimum atomic E-state index is -0.620. The standard InChI is InChI=1S/C21H15ClFN3O3S/c22-14-3-7-16(8-4-14)26-20(28)19-17(9-10-30-19)25(21(26)29)12-18(27)24-11-13-1-5-15(23)6-2-13/h1-10H,11-12H2,(H,24,27). The van der Waals surface area contributed by atoms with E-state index >= 15 is 0 Å². The molecule has 1 N–H and O–H groups in total. The first-order valence-electron chi connectivity index (χ1n) is 8.94. The maximum Gasteiger partial charge on any atom is 0.336 e. The van der Waals surface area contributed by atoms with Crippen LogP contribution in [-0.2, 0) is 17.9 Å². The quantitative estimate of drug-likeness (QED) is 0.514. The molecule has 152 valence electrons. The van der Waals surface area contributed by atoms with E-state index in [1.165, 1.54) is 28.0 Å². The molecule has 0 saturated carbocycles. The third-order valence-electron chi connectivity index (χ3n) is 4.54. The Morgan fingerprint density at radius 1 is 1.03 bits per heavy atom. The van der Waals surface area contributed by atoms with E-state index in [1.54, 1.807) is 47.8 Å². The fourth-order valence-electron chi connectivity index (χ4n) is 3.06. The van der Waals surface area contributed by atoms with Gasteiger partial charge in [-0.15, -0.1) is 11.3 Å². The molecule has 0 radical (unpaired) electrons. The van der Waals surface area contributed by atoms with Crippen LogP contribution in [0.5, 0.6) is 0 Å². The Bertz CT molecular complexity index is 1340. The van der Waals surface area contributed by atoms with Crippen LogP contribution in [0, 0.1) is 5.82 Å². The van der Waals surface area contributed by atoms with E-state index in [4.69, 9.17) is 11.6 Å². The predicted octanol–water partition coefficient (Wildman–Crippen LogP) is 3.32. The van der Waals surface area contributed by atoms with Crippen LogP contribution in [-0.4, -0.2) is 15.0 Å². The van der Waals surface area contributed by atoms with E-state index in [0.29, 0.717) is 20.9 Å². The zero-order valence-corrected chi connectivity index (χ0v) is 17.0. The number of thiophene rings is 1. The topological polar surface area (TPSA) is 73.1 Å². The number of hydrogen-bond donors (Lipinski definition) is 1. The molecule has 2 aromatic heterocycles. The van der Waals surface area contributed by atoms with Gasteiger partial charge in [-0.05, 0) is 53.4 Å². The van der Waals surface area contributed by atoms with Crippen molar-refractivity contribution in [3.05, 3.63) is 97.2 Å². The highest BCUT2D eigenvalue weighted by Crippen LogP contribution is 2.17. The van der Waals surface area contributed by atoms with Crippen LogP contribution < -0.4 is 16.6 Å². The highest BCUT2D eigenvalue weighted by molar-refractivity contribution is 7.17. The van der Waals surface area contributed by atoms with E-state index in [9.17, 15) is 18.8 Å². The summed E-state index contributed by atoms with van der Waals surface area (Å²) >= 11 is 7.11. The number of nitrogens with zero attached hydrogens (tertiary/aromatic N) is 2. The fourth-order valence-corrected chi connectivity index (χ4v) is 4.01. The molecule has 1 amide bonds. The lowest BCUT2D eigenvalue weighted by atomic mass is 10.2. The molecule has 0 saturated heterocycles. The van der Waals surface area contributed by atoms with Gasteiger partial charge in [0.1, 0.15) is 17.1 Å². The number of rotatable bonds is 5. The van der Waals surface area contributed by atoms with Gasteiger partial charge in [-0.2, -0.15) is 0 Å². The molecule has 0 aliphatic heterocycles. The summed E-state index contributed by atoms with van der Waals surface area (Å²) in [6.45, 7) is -0.0708. The summed E-state index contributed by atoms with van der Waals surface area (Å²) in [7, 11) is 0. The molecule has 0 unspecified atom stereocenters. The lowest BCUT2D eigenvalue weighted by molar-refractivity contribution is -0.121. The second kappa shape index (κ2) is 8.25. The van der Waals surface area contributed by atoms with Crippen molar-refractivity contribution in [1.29, 1.82) is 0 Å². The molecule has 30 heavy (non-hydrogen) atoms. The van der Waals surface area contributed by atoms with Gasteiger partial charge in [0.25, 0.3) is 5.56 Å². The summed E-state index contributed by atoms with van der Waals surface area (Å²) in [4.78, 5) is 38.5. The SMILES string of the molecule is O=C(Cn1c(=O)n(-c2ccc(Cl)cc2)c(=O)c2sccc21)NCc1ccc(F)cc1. The molecule has 9 heteroatoms. The van der Waals surface area contributed by atoms with Crippen LogP contribution >= 0.6 is 22.9 Å². The Labute approximate surface area is 178 Å². The number of hydrogen-bond acceptors (Lipinski definition) is 4. The van der Waals surface area contributed by atoms with Gasteiger partial charge in [-0.3, -0.25) is 14.2 Å². The van der Waals surface area contributed by atoms with Crippen molar-refractivity contribution in [3.63, 3.8) is 0 Å². The maximum absolute atomic E-state index is 13.1. The van der Waals surface area contributed by atoms with Crippen molar-refractivity contribution in [3.8, 4) is 5.69 Å².